The summed E-state index contributed by atoms with van der Waals surface area (Å²) in [5, 5.41) is 13.7. The number of hydrogen-bond acceptors (Lipinski definition) is 3. The third-order valence-electron chi connectivity index (χ3n) is 5.21. The Bertz CT molecular complexity index is 619. The number of carbonyl (C=O) groups is 1. The van der Waals surface area contributed by atoms with Gasteiger partial charge in [-0.1, -0.05) is 23.7 Å². The summed E-state index contributed by atoms with van der Waals surface area (Å²) in [5.74, 6) is -4.85. The van der Waals surface area contributed by atoms with E-state index >= 15 is 0 Å². The molecule has 0 unspecified atom stereocenters. The minimum Gasteiger partial charge on any atom is -0.479 e. The highest BCUT2D eigenvalue weighted by Crippen LogP contribution is 2.50. The van der Waals surface area contributed by atoms with Crippen LogP contribution in [0.2, 0.25) is 5.02 Å². The second kappa shape index (κ2) is 7.17. The molecule has 0 bridgehead atoms. The minimum absolute atomic E-state index is 0.118. The lowest BCUT2D eigenvalue weighted by Crippen LogP contribution is -2.49. The molecule has 3 rings (SSSR count). The highest BCUT2D eigenvalue weighted by molar-refractivity contribution is 6.30. The van der Waals surface area contributed by atoms with Crippen LogP contribution in [0.5, 0.6) is 0 Å². The summed E-state index contributed by atoms with van der Waals surface area (Å²) in [6, 6.07) is 6.31. The van der Waals surface area contributed by atoms with Crippen LogP contribution in [0.4, 0.5) is 8.78 Å². The highest BCUT2D eigenvalue weighted by Gasteiger charge is 2.56. The predicted molar refractivity (Wildman–Crippen MR) is 90.0 cm³/mol. The molecule has 2 fully saturated rings. The molecular formula is C18H22ClF2NO3. The Hall–Kier alpha value is -1.24. The van der Waals surface area contributed by atoms with Gasteiger partial charge in [0.2, 0.25) is 5.92 Å². The number of hydrogen-bond donors (Lipinski definition) is 2. The van der Waals surface area contributed by atoms with Crippen LogP contribution >= 0.6 is 11.6 Å². The molecule has 0 spiro atoms. The molecule has 138 valence electrons. The van der Waals surface area contributed by atoms with E-state index in [2.05, 4.69) is 5.32 Å². The third kappa shape index (κ3) is 3.81. The van der Waals surface area contributed by atoms with Crippen LogP contribution in [-0.4, -0.2) is 36.2 Å². The van der Waals surface area contributed by atoms with E-state index in [4.69, 9.17) is 16.3 Å². The summed E-state index contributed by atoms with van der Waals surface area (Å²) in [5.41, 5.74) is -1.39. The molecule has 1 aromatic carbocycles. The SMILES string of the molecule is O=C(O)[C@](OC1CCNCC1)(c1ccc(Cl)cc1)[C@@H]1CCC(F)(F)C1. The fraction of sp³-hybridized carbons (Fsp3) is 0.611. The Labute approximate surface area is 150 Å². The smallest absolute Gasteiger partial charge is 0.340 e. The molecule has 1 aromatic rings. The Kier molecular flexibility index (Phi) is 5.32. The molecule has 0 radical (unpaired) electrons. The van der Waals surface area contributed by atoms with E-state index in [1.807, 2.05) is 0 Å². The molecule has 4 nitrogen and oxygen atoms in total. The predicted octanol–water partition coefficient (Wildman–Crippen LogP) is 3.82. The van der Waals surface area contributed by atoms with Gasteiger partial charge in [-0.2, -0.15) is 0 Å². The fourth-order valence-corrected chi connectivity index (χ4v) is 4.05. The molecule has 7 heteroatoms. The summed E-state index contributed by atoms with van der Waals surface area (Å²) < 4.78 is 33.9. The summed E-state index contributed by atoms with van der Waals surface area (Å²) in [4.78, 5) is 12.4. The molecule has 1 saturated heterocycles. The lowest BCUT2D eigenvalue weighted by molar-refractivity contribution is -0.192. The molecule has 1 aliphatic heterocycles. The first-order valence-corrected chi connectivity index (χ1v) is 8.97. The van der Waals surface area contributed by atoms with Gasteiger partial charge in [0.15, 0.2) is 5.60 Å². The number of rotatable bonds is 5. The lowest BCUT2D eigenvalue weighted by Gasteiger charge is -2.39. The molecule has 1 saturated carbocycles. The van der Waals surface area contributed by atoms with Crippen molar-refractivity contribution in [3.05, 3.63) is 34.9 Å². The van der Waals surface area contributed by atoms with Crippen molar-refractivity contribution in [1.29, 1.82) is 0 Å². The van der Waals surface area contributed by atoms with Crippen molar-refractivity contribution in [2.45, 2.75) is 49.7 Å². The maximum atomic E-state index is 13.9. The topological polar surface area (TPSA) is 58.6 Å². The van der Waals surface area contributed by atoms with Crippen LogP contribution in [0, 0.1) is 5.92 Å². The van der Waals surface area contributed by atoms with Gasteiger partial charge in [0.25, 0.3) is 0 Å². The van der Waals surface area contributed by atoms with E-state index in [1.165, 1.54) is 0 Å². The summed E-state index contributed by atoms with van der Waals surface area (Å²) in [7, 11) is 0. The molecule has 2 atom stereocenters. The van der Waals surface area contributed by atoms with Crippen molar-refractivity contribution in [3.8, 4) is 0 Å². The maximum absolute atomic E-state index is 13.9. The van der Waals surface area contributed by atoms with Crippen molar-refractivity contribution in [1.82, 2.24) is 5.32 Å². The lowest BCUT2D eigenvalue weighted by atomic mass is 9.79. The molecule has 1 aliphatic carbocycles. The zero-order valence-electron chi connectivity index (χ0n) is 13.8. The summed E-state index contributed by atoms with van der Waals surface area (Å²) in [6.07, 6.45) is 0.370. The minimum atomic E-state index is -2.85. The van der Waals surface area contributed by atoms with Crippen LogP contribution in [0.3, 0.4) is 0 Å². The molecule has 0 amide bonds. The number of ether oxygens (including phenoxy) is 1. The van der Waals surface area contributed by atoms with Gasteiger partial charge in [-0.3, -0.25) is 0 Å². The van der Waals surface area contributed by atoms with Crippen LogP contribution in [-0.2, 0) is 15.1 Å². The number of aliphatic carboxylic acids is 1. The number of carboxylic acid groups (broad SMARTS) is 1. The van der Waals surface area contributed by atoms with Crippen molar-refractivity contribution in [2.75, 3.05) is 13.1 Å². The Balaban J connectivity index is 2.00. The van der Waals surface area contributed by atoms with Gasteiger partial charge >= 0.3 is 5.97 Å². The number of piperidine rings is 1. The van der Waals surface area contributed by atoms with E-state index in [1.54, 1.807) is 24.3 Å². The van der Waals surface area contributed by atoms with Crippen molar-refractivity contribution >= 4 is 17.6 Å². The van der Waals surface area contributed by atoms with Gasteiger partial charge in [0, 0.05) is 23.8 Å². The standard InChI is InChI=1S/C18H22ClF2NO3/c19-14-3-1-12(2-4-14)18(16(23)24,13-5-8-17(20,21)11-13)25-15-6-9-22-10-7-15/h1-4,13,15,22H,5-11H2,(H,23,24)/t13-,18+/m1/s1. The largest absolute Gasteiger partial charge is 0.479 e. The first-order valence-electron chi connectivity index (χ1n) is 8.59. The molecule has 2 aliphatic rings. The number of halogens is 3. The van der Waals surface area contributed by atoms with Crippen LogP contribution in [0.25, 0.3) is 0 Å². The first-order chi connectivity index (χ1) is 11.8. The quantitative estimate of drug-likeness (QED) is 0.823. The number of carboxylic acids is 1. The van der Waals surface area contributed by atoms with Crippen LogP contribution in [0.1, 0.15) is 37.7 Å². The van der Waals surface area contributed by atoms with Crippen molar-refractivity contribution in [2.24, 2.45) is 5.92 Å². The average molecular weight is 374 g/mol. The monoisotopic (exact) mass is 373 g/mol. The summed E-state index contributed by atoms with van der Waals surface area (Å²) in [6.45, 7) is 1.45. The van der Waals surface area contributed by atoms with Gasteiger partial charge in [0.05, 0.1) is 6.10 Å². The van der Waals surface area contributed by atoms with Gasteiger partial charge < -0.3 is 15.2 Å². The Morgan fingerprint density at radius 2 is 1.88 bits per heavy atom. The van der Waals surface area contributed by atoms with Gasteiger partial charge in [0.1, 0.15) is 0 Å². The Morgan fingerprint density at radius 1 is 1.24 bits per heavy atom. The van der Waals surface area contributed by atoms with Crippen molar-refractivity contribution in [3.63, 3.8) is 0 Å². The summed E-state index contributed by atoms with van der Waals surface area (Å²) >= 11 is 5.92. The zero-order chi connectivity index (χ0) is 18.1. The van der Waals surface area contributed by atoms with E-state index in [0.717, 1.165) is 13.1 Å². The van der Waals surface area contributed by atoms with E-state index in [0.29, 0.717) is 23.4 Å². The molecule has 2 N–H and O–H groups in total. The Morgan fingerprint density at radius 3 is 2.40 bits per heavy atom. The number of nitrogens with one attached hydrogen (secondary N) is 1. The first kappa shape index (κ1) is 18.5. The van der Waals surface area contributed by atoms with Gasteiger partial charge in [-0.05, 0) is 50.0 Å². The van der Waals surface area contributed by atoms with Gasteiger partial charge in [-0.25, -0.2) is 13.6 Å². The van der Waals surface area contributed by atoms with E-state index < -0.39 is 29.8 Å². The normalized spacial score (nSPS) is 26.3. The van der Waals surface area contributed by atoms with E-state index in [-0.39, 0.29) is 18.9 Å². The second-order valence-corrected chi connectivity index (χ2v) is 7.35. The van der Waals surface area contributed by atoms with Crippen LogP contribution < -0.4 is 5.32 Å². The second-order valence-electron chi connectivity index (χ2n) is 6.91. The van der Waals surface area contributed by atoms with E-state index in [9.17, 15) is 18.7 Å². The highest BCUT2D eigenvalue weighted by atomic mass is 35.5. The molecule has 1 heterocycles. The maximum Gasteiger partial charge on any atom is 0.340 e. The molecule has 0 aromatic heterocycles. The number of benzene rings is 1. The third-order valence-corrected chi connectivity index (χ3v) is 5.46. The van der Waals surface area contributed by atoms with Crippen LogP contribution in [0.15, 0.2) is 24.3 Å². The molecule has 25 heavy (non-hydrogen) atoms. The van der Waals surface area contributed by atoms with Crippen molar-refractivity contribution < 1.29 is 23.4 Å². The zero-order valence-corrected chi connectivity index (χ0v) is 14.6. The number of alkyl halides is 2. The van der Waals surface area contributed by atoms with Gasteiger partial charge in [-0.15, -0.1) is 0 Å². The molecular weight excluding hydrogens is 352 g/mol. The fourth-order valence-electron chi connectivity index (χ4n) is 3.92. The average Bonchev–Trinajstić information content (AvgIpc) is 2.94.